The molecule has 6 heteroatoms. The van der Waals surface area contributed by atoms with Gasteiger partial charge in [-0.05, 0) is 70.6 Å². The molecule has 0 aliphatic carbocycles. The summed E-state index contributed by atoms with van der Waals surface area (Å²) in [5.41, 5.74) is 0. The monoisotopic (exact) mass is 934 g/mol. The van der Waals surface area contributed by atoms with E-state index < -0.39 is 18.2 Å². The lowest BCUT2D eigenvalue weighted by Gasteiger charge is -2.24. The summed E-state index contributed by atoms with van der Waals surface area (Å²) in [7, 11) is 0. The molecule has 386 valence electrons. The Kier molecular flexibility index (Phi) is 51.6. The van der Waals surface area contributed by atoms with E-state index in [1.807, 2.05) is 24.3 Å². The van der Waals surface area contributed by atoms with Crippen molar-refractivity contribution in [2.45, 2.75) is 283 Å². The molecule has 0 spiro atoms. The number of amides is 1. The normalized spacial score (nSPS) is 13.8. The second kappa shape index (κ2) is 54.0. The van der Waals surface area contributed by atoms with Crippen molar-refractivity contribution in [2.24, 2.45) is 0 Å². The fraction of sp³-hybridized carbons (Fsp3) is 0.738. The molecule has 0 aliphatic rings. The lowest BCUT2D eigenvalue weighted by molar-refractivity contribution is -0.151. The van der Waals surface area contributed by atoms with Gasteiger partial charge in [0.15, 0.2) is 0 Å². The summed E-state index contributed by atoms with van der Waals surface area (Å²) in [6.45, 7) is 6.37. The van der Waals surface area contributed by atoms with E-state index in [4.69, 9.17) is 4.74 Å². The van der Waals surface area contributed by atoms with Crippen molar-refractivity contribution in [1.29, 1.82) is 0 Å². The van der Waals surface area contributed by atoms with Gasteiger partial charge in [-0.3, -0.25) is 9.59 Å². The van der Waals surface area contributed by atoms with Crippen molar-refractivity contribution in [3.05, 3.63) is 85.1 Å². The summed E-state index contributed by atoms with van der Waals surface area (Å²) in [6.07, 6.45) is 70.7. The molecule has 6 nitrogen and oxygen atoms in total. The van der Waals surface area contributed by atoms with Crippen molar-refractivity contribution in [3.63, 3.8) is 0 Å². The number of hydrogen-bond donors (Lipinski definition) is 3. The average molecular weight is 935 g/mol. The van der Waals surface area contributed by atoms with E-state index >= 15 is 0 Å². The highest BCUT2D eigenvalue weighted by Crippen LogP contribution is 2.18. The van der Waals surface area contributed by atoms with Crippen LogP contribution in [0.15, 0.2) is 85.1 Å². The minimum atomic E-state index is -0.803. The molecule has 0 radical (unpaired) electrons. The summed E-state index contributed by atoms with van der Waals surface area (Å²) < 4.78 is 5.93. The molecule has 0 aromatic carbocycles. The third-order valence-corrected chi connectivity index (χ3v) is 12.6. The lowest BCUT2D eigenvalue weighted by atomic mass is 10.0. The zero-order chi connectivity index (χ0) is 48.8. The van der Waals surface area contributed by atoms with Crippen molar-refractivity contribution >= 4 is 11.9 Å². The van der Waals surface area contributed by atoms with Crippen LogP contribution in [0.3, 0.4) is 0 Å². The lowest BCUT2D eigenvalue weighted by Crippen LogP contribution is -2.46. The number of carbonyl (C=O) groups excluding carboxylic acids is 2. The van der Waals surface area contributed by atoms with Crippen LogP contribution in [-0.4, -0.2) is 46.9 Å². The Balaban J connectivity index is 4.60. The molecular formula is C61H107NO5. The van der Waals surface area contributed by atoms with Crippen molar-refractivity contribution < 1.29 is 24.5 Å². The minimum Gasteiger partial charge on any atom is -0.462 e. The van der Waals surface area contributed by atoms with Gasteiger partial charge < -0.3 is 20.3 Å². The van der Waals surface area contributed by atoms with E-state index in [2.05, 4.69) is 86.8 Å². The number of ether oxygens (including phenoxy) is 1. The van der Waals surface area contributed by atoms with Gasteiger partial charge in [-0.1, -0.05) is 266 Å². The number of allylic oxidation sites excluding steroid dienone is 14. The maximum absolute atomic E-state index is 13.3. The maximum Gasteiger partial charge on any atom is 0.306 e. The number of hydrogen-bond acceptors (Lipinski definition) is 5. The molecule has 67 heavy (non-hydrogen) atoms. The number of carbonyl (C=O) groups is 2. The van der Waals surface area contributed by atoms with Crippen LogP contribution in [0.1, 0.15) is 265 Å². The molecule has 0 aromatic rings. The molecule has 3 N–H and O–H groups in total. The van der Waals surface area contributed by atoms with Gasteiger partial charge in [0.05, 0.1) is 25.2 Å². The minimum absolute atomic E-state index is 0.0498. The summed E-state index contributed by atoms with van der Waals surface area (Å²) in [5.74, 6) is -0.523. The third kappa shape index (κ3) is 49.3. The van der Waals surface area contributed by atoms with Gasteiger partial charge in [0.2, 0.25) is 5.91 Å². The van der Waals surface area contributed by atoms with Crippen LogP contribution in [0, 0.1) is 0 Å². The van der Waals surface area contributed by atoms with E-state index in [1.54, 1.807) is 0 Å². The zero-order valence-electron chi connectivity index (χ0n) is 44.0. The van der Waals surface area contributed by atoms with E-state index in [0.29, 0.717) is 19.3 Å². The SMILES string of the molecule is CCC/C=C/C=C/C=C/C=C/C=C/CCCCCCCC(=O)OC(CCCCCC/C=C/C=C/CCCCC)CC(=O)NC(CO)C(O)CCCCCCCCCCCCCCCCCCC. The van der Waals surface area contributed by atoms with Gasteiger partial charge in [-0.15, -0.1) is 0 Å². The molecule has 0 aromatic heterocycles. The quantitative estimate of drug-likeness (QED) is 0.0321. The van der Waals surface area contributed by atoms with Gasteiger partial charge in [0, 0.05) is 6.42 Å². The Hall–Kier alpha value is -2.96. The molecule has 1 amide bonds. The summed E-state index contributed by atoms with van der Waals surface area (Å²) in [5, 5.41) is 23.9. The number of rotatable bonds is 50. The zero-order valence-corrected chi connectivity index (χ0v) is 44.0. The highest BCUT2D eigenvalue weighted by atomic mass is 16.5. The Morgan fingerprint density at radius 3 is 1.25 bits per heavy atom. The van der Waals surface area contributed by atoms with Gasteiger partial charge in [0.25, 0.3) is 0 Å². The predicted octanol–water partition coefficient (Wildman–Crippen LogP) is 17.5. The second-order valence-electron chi connectivity index (χ2n) is 19.1. The number of esters is 1. The maximum atomic E-state index is 13.3. The van der Waals surface area contributed by atoms with Gasteiger partial charge >= 0.3 is 5.97 Å². The van der Waals surface area contributed by atoms with E-state index in [1.165, 1.54) is 116 Å². The van der Waals surface area contributed by atoms with Crippen molar-refractivity contribution in [3.8, 4) is 0 Å². The molecule has 0 heterocycles. The molecule has 0 aliphatic heterocycles. The third-order valence-electron chi connectivity index (χ3n) is 12.6. The predicted molar refractivity (Wildman–Crippen MR) is 291 cm³/mol. The first-order valence-electron chi connectivity index (χ1n) is 28.4. The van der Waals surface area contributed by atoms with Gasteiger partial charge in [0.1, 0.15) is 6.10 Å². The Labute approximate surface area is 414 Å². The fourth-order valence-electron chi connectivity index (χ4n) is 8.28. The van der Waals surface area contributed by atoms with Crippen LogP contribution < -0.4 is 5.32 Å². The van der Waals surface area contributed by atoms with E-state index in [-0.39, 0.29) is 24.9 Å². The van der Waals surface area contributed by atoms with Crippen LogP contribution in [0.4, 0.5) is 0 Å². The molecule has 0 rings (SSSR count). The topological polar surface area (TPSA) is 95.9 Å². The molecule has 3 atom stereocenters. The second-order valence-corrected chi connectivity index (χ2v) is 19.1. The van der Waals surface area contributed by atoms with Crippen molar-refractivity contribution in [2.75, 3.05) is 6.61 Å². The molecule has 0 saturated heterocycles. The first-order chi connectivity index (χ1) is 33.0. The standard InChI is InChI=1S/C61H107NO5/c1-4-7-10-13-16-19-22-25-27-29-31-33-36-39-42-45-48-51-54-61(66)67-57(52-49-46-43-40-37-34-24-21-18-15-12-9-6-3)55-60(65)62-58(56-63)59(64)53-50-47-44-41-38-35-32-30-28-26-23-20-17-14-11-8-5-2/h10,13,16,18-19,21-22,24-25,27,29,31,33-34,57-59,63-64H,4-9,11-12,14-15,17,20,23,26,28,30,32,35-56H2,1-3H3,(H,62,65)/b13-10+,19-16+,21-18+,25-22+,29-27+,33-31+,34-24+. The highest BCUT2D eigenvalue weighted by Gasteiger charge is 2.24. The van der Waals surface area contributed by atoms with Crippen LogP contribution in [0.25, 0.3) is 0 Å². The van der Waals surface area contributed by atoms with Crippen LogP contribution >= 0.6 is 0 Å². The summed E-state index contributed by atoms with van der Waals surface area (Å²) in [6, 6.07) is -0.719. The Morgan fingerprint density at radius 2 is 0.791 bits per heavy atom. The van der Waals surface area contributed by atoms with Gasteiger partial charge in [-0.2, -0.15) is 0 Å². The summed E-state index contributed by atoms with van der Waals surface area (Å²) in [4.78, 5) is 26.2. The smallest absolute Gasteiger partial charge is 0.306 e. The van der Waals surface area contributed by atoms with E-state index in [0.717, 1.165) is 103 Å². The number of unbranched alkanes of at least 4 members (excludes halogenated alkanes) is 29. The molecule has 0 saturated carbocycles. The first kappa shape index (κ1) is 64.0. The largest absolute Gasteiger partial charge is 0.462 e. The molecule has 0 fully saturated rings. The van der Waals surface area contributed by atoms with E-state index in [9.17, 15) is 19.8 Å². The van der Waals surface area contributed by atoms with Crippen LogP contribution in [0.5, 0.6) is 0 Å². The molecular weight excluding hydrogens is 827 g/mol. The number of nitrogens with one attached hydrogen (secondary N) is 1. The molecule has 0 bridgehead atoms. The Bertz CT molecular complexity index is 1280. The van der Waals surface area contributed by atoms with Crippen LogP contribution in [0.2, 0.25) is 0 Å². The first-order valence-corrected chi connectivity index (χ1v) is 28.4. The van der Waals surface area contributed by atoms with Gasteiger partial charge in [-0.25, -0.2) is 0 Å². The number of aliphatic hydroxyl groups is 2. The molecule has 3 unspecified atom stereocenters. The average Bonchev–Trinajstić information content (AvgIpc) is 3.32. The van der Waals surface area contributed by atoms with Crippen molar-refractivity contribution in [1.82, 2.24) is 5.32 Å². The number of aliphatic hydroxyl groups excluding tert-OH is 2. The van der Waals surface area contributed by atoms with Crippen LogP contribution in [-0.2, 0) is 14.3 Å². The Morgan fingerprint density at radius 1 is 0.433 bits per heavy atom. The highest BCUT2D eigenvalue weighted by molar-refractivity contribution is 5.77. The fourth-order valence-corrected chi connectivity index (χ4v) is 8.28. The summed E-state index contributed by atoms with van der Waals surface area (Å²) >= 11 is 0.